The fraction of sp³-hybridized carbons (Fsp3) is 0. The van der Waals surface area contributed by atoms with Crippen molar-refractivity contribution in [3.63, 3.8) is 0 Å². The summed E-state index contributed by atoms with van der Waals surface area (Å²) in [6.45, 7) is 0. The minimum Gasteiger partial charge on any atom is -0.424 e. The van der Waals surface area contributed by atoms with Gasteiger partial charge < -0.3 is 10.2 Å². The maximum Gasteiger partial charge on any atom is 0.292 e. The number of hydrogen-bond donors (Lipinski definition) is 1. The molecule has 1 aromatic heterocycles. The van der Waals surface area contributed by atoms with E-state index in [4.69, 9.17) is 10.2 Å². The molecule has 0 aliphatic rings. The van der Waals surface area contributed by atoms with Gasteiger partial charge in [0, 0.05) is 0 Å². The average molecular weight is 154 g/mol. The number of anilines is 1. The third-order valence-corrected chi connectivity index (χ3v) is 1.31. The molecule has 1 heterocycles. The van der Waals surface area contributed by atoms with E-state index < -0.39 is 0 Å². The molecule has 0 fully saturated rings. The Balaban J connectivity index is 0.000000605. The lowest BCUT2D eigenvalue weighted by Crippen LogP contribution is -1.80. The predicted octanol–water partition coefficient (Wildman–Crippen LogP) is 1.56. The number of nitrogens with two attached hydrogens (primary N) is 1. The molecule has 4 heteroatoms. The second kappa shape index (κ2) is 2.57. The molecular formula is C7H7FN2O. The van der Waals surface area contributed by atoms with Gasteiger partial charge in [0.1, 0.15) is 5.52 Å². The molecule has 3 nitrogen and oxygen atoms in total. The maximum absolute atomic E-state index is 5.31. The Morgan fingerprint density at radius 2 is 2.00 bits per heavy atom. The summed E-state index contributed by atoms with van der Waals surface area (Å²) in [6.07, 6.45) is 0. The molecule has 0 unspecified atom stereocenters. The summed E-state index contributed by atoms with van der Waals surface area (Å²) in [7, 11) is 0. The van der Waals surface area contributed by atoms with Crippen molar-refractivity contribution >= 4 is 17.1 Å². The van der Waals surface area contributed by atoms with Crippen LogP contribution in [-0.2, 0) is 0 Å². The lowest BCUT2D eigenvalue weighted by atomic mass is 10.3. The van der Waals surface area contributed by atoms with Crippen LogP contribution in [0.4, 0.5) is 10.7 Å². The lowest BCUT2D eigenvalue weighted by Gasteiger charge is -1.79. The van der Waals surface area contributed by atoms with Gasteiger partial charge in [0.25, 0.3) is 6.01 Å². The Morgan fingerprint density at radius 3 is 2.73 bits per heavy atom. The standard InChI is InChI=1S/C7H6N2O.FH/c8-7-9-5-3-1-2-4-6(5)10-7;/h1-4H,(H2,8,9);1H. The Morgan fingerprint density at radius 1 is 1.27 bits per heavy atom. The van der Waals surface area contributed by atoms with Crippen molar-refractivity contribution < 1.29 is 9.12 Å². The molecule has 2 rings (SSSR count). The van der Waals surface area contributed by atoms with Crippen molar-refractivity contribution in [3.8, 4) is 0 Å². The summed E-state index contributed by atoms with van der Waals surface area (Å²) >= 11 is 0. The summed E-state index contributed by atoms with van der Waals surface area (Å²) in [5.74, 6) is 0. The van der Waals surface area contributed by atoms with Crippen LogP contribution in [0.15, 0.2) is 28.7 Å². The van der Waals surface area contributed by atoms with Crippen molar-refractivity contribution in [1.29, 1.82) is 0 Å². The molecule has 0 saturated carbocycles. The van der Waals surface area contributed by atoms with E-state index >= 15 is 0 Å². The normalized spacial score (nSPS) is 9.45. The van der Waals surface area contributed by atoms with Gasteiger partial charge in [-0.25, -0.2) is 0 Å². The first-order valence-electron chi connectivity index (χ1n) is 2.97. The number of benzene rings is 1. The van der Waals surface area contributed by atoms with Crippen molar-refractivity contribution in [2.75, 3.05) is 5.73 Å². The zero-order valence-corrected chi connectivity index (χ0v) is 5.65. The van der Waals surface area contributed by atoms with Gasteiger partial charge in [0.05, 0.1) is 0 Å². The Labute approximate surface area is 62.2 Å². The molecule has 0 amide bonds. The van der Waals surface area contributed by atoms with Crippen LogP contribution in [0.1, 0.15) is 0 Å². The van der Waals surface area contributed by atoms with Crippen molar-refractivity contribution in [3.05, 3.63) is 24.3 Å². The predicted molar refractivity (Wildman–Crippen MR) is 40.9 cm³/mol. The zero-order chi connectivity index (χ0) is 6.97. The highest BCUT2D eigenvalue weighted by Crippen LogP contribution is 2.14. The molecule has 0 bridgehead atoms. The molecule has 0 spiro atoms. The third kappa shape index (κ3) is 1.14. The van der Waals surface area contributed by atoms with Crippen LogP contribution >= 0.6 is 0 Å². The van der Waals surface area contributed by atoms with Crippen molar-refractivity contribution in [2.45, 2.75) is 0 Å². The smallest absolute Gasteiger partial charge is 0.292 e. The Bertz CT molecular complexity index is 325. The molecule has 0 aliphatic heterocycles. The monoisotopic (exact) mass is 154 g/mol. The van der Waals surface area contributed by atoms with Crippen LogP contribution in [0, 0.1) is 0 Å². The summed E-state index contributed by atoms with van der Waals surface area (Å²) in [5.41, 5.74) is 6.85. The minimum absolute atomic E-state index is 0. The van der Waals surface area contributed by atoms with E-state index in [0.717, 1.165) is 11.1 Å². The van der Waals surface area contributed by atoms with E-state index in [9.17, 15) is 0 Å². The van der Waals surface area contributed by atoms with Gasteiger partial charge in [-0.2, -0.15) is 4.98 Å². The summed E-state index contributed by atoms with van der Waals surface area (Å²) < 4.78 is 5.03. The highest BCUT2D eigenvalue weighted by Gasteiger charge is 1.97. The zero-order valence-electron chi connectivity index (χ0n) is 5.65. The van der Waals surface area contributed by atoms with Gasteiger partial charge in [-0.15, -0.1) is 0 Å². The number of oxazole rings is 1. The van der Waals surface area contributed by atoms with Crippen LogP contribution in [0.3, 0.4) is 0 Å². The van der Waals surface area contributed by atoms with Gasteiger partial charge in [-0.05, 0) is 12.1 Å². The van der Waals surface area contributed by atoms with Gasteiger partial charge in [-0.3, -0.25) is 4.70 Å². The second-order valence-electron chi connectivity index (χ2n) is 2.02. The fourth-order valence-corrected chi connectivity index (χ4v) is 0.890. The number of hydrogen-bond acceptors (Lipinski definition) is 3. The first kappa shape index (κ1) is 7.53. The molecule has 11 heavy (non-hydrogen) atoms. The molecule has 2 N–H and O–H groups in total. The van der Waals surface area contributed by atoms with E-state index in [-0.39, 0.29) is 10.7 Å². The highest BCUT2D eigenvalue weighted by molar-refractivity contribution is 5.73. The van der Waals surface area contributed by atoms with Gasteiger partial charge >= 0.3 is 0 Å². The molecule has 2 aromatic rings. The van der Waals surface area contributed by atoms with Crippen LogP contribution in [0.5, 0.6) is 0 Å². The first-order chi connectivity index (χ1) is 4.86. The largest absolute Gasteiger partial charge is 0.424 e. The quantitative estimate of drug-likeness (QED) is 0.626. The highest BCUT2D eigenvalue weighted by atomic mass is 19.0. The molecule has 0 radical (unpaired) electrons. The number of halogens is 1. The number of para-hydroxylation sites is 2. The minimum atomic E-state index is 0. The van der Waals surface area contributed by atoms with Crippen molar-refractivity contribution in [1.82, 2.24) is 4.98 Å². The number of nitrogen functional groups attached to an aromatic ring is 1. The number of nitrogens with zero attached hydrogens (tertiary/aromatic N) is 1. The Kier molecular flexibility index (Phi) is 1.76. The van der Waals surface area contributed by atoms with E-state index in [2.05, 4.69) is 4.98 Å². The maximum atomic E-state index is 5.31. The van der Waals surface area contributed by atoms with E-state index in [1.165, 1.54) is 0 Å². The van der Waals surface area contributed by atoms with E-state index in [1.807, 2.05) is 24.3 Å². The molecule has 0 aliphatic carbocycles. The van der Waals surface area contributed by atoms with Crippen LogP contribution in [0.25, 0.3) is 11.1 Å². The molecule has 0 atom stereocenters. The van der Waals surface area contributed by atoms with E-state index in [0.29, 0.717) is 0 Å². The lowest BCUT2D eigenvalue weighted by molar-refractivity contribution is 0.626. The summed E-state index contributed by atoms with van der Waals surface area (Å²) in [6, 6.07) is 7.69. The molecule has 0 saturated heterocycles. The fourth-order valence-electron chi connectivity index (χ4n) is 0.890. The average Bonchev–Trinajstić information content (AvgIpc) is 2.27. The summed E-state index contributed by atoms with van der Waals surface area (Å²) in [4.78, 5) is 3.92. The van der Waals surface area contributed by atoms with Gasteiger partial charge in [0.2, 0.25) is 0 Å². The molecule has 58 valence electrons. The van der Waals surface area contributed by atoms with Gasteiger partial charge in [-0.1, -0.05) is 12.1 Å². The number of fused-ring (bicyclic) bond motifs is 1. The third-order valence-electron chi connectivity index (χ3n) is 1.31. The summed E-state index contributed by atoms with van der Waals surface area (Å²) in [5, 5.41) is 0. The number of aromatic nitrogens is 1. The van der Waals surface area contributed by atoms with Gasteiger partial charge in [0.15, 0.2) is 5.58 Å². The topological polar surface area (TPSA) is 52.0 Å². The van der Waals surface area contributed by atoms with Crippen LogP contribution < -0.4 is 5.73 Å². The molecule has 1 aromatic carbocycles. The van der Waals surface area contributed by atoms with Crippen molar-refractivity contribution in [2.24, 2.45) is 0 Å². The van der Waals surface area contributed by atoms with Crippen LogP contribution in [0.2, 0.25) is 0 Å². The Hall–Kier alpha value is -1.58. The van der Waals surface area contributed by atoms with E-state index in [1.54, 1.807) is 0 Å². The first-order valence-corrected chi connectivity index (χ1v) is 2.97. The number of rotatable bonds is 0. The molecular weight excluding hydrogens is 147 g/mol. The SMILES string of the molecule is F.Nc1nc2ccccc2o1. The van der Waals surface area contributed by atoms with Crippen LogP contribution in [-0.4, -0.2) is 4.98 Å². The second-order valence-corrected chi connectivity index (χ2v) is 2.02.